The van der Waals surface area contributed by atoms with Crippen LogP contribution in [0.1, 0.15) is 0 Å². The lowest BCUT2D eigenvalue weighted by Gasteiger charge is -2.22. The maximum atomic E-state index is 11.5. The Bertz CT molecular complexity index is 301. The summed E-state index contributed by atoms with van der Waals surface area (Å²) in [6, 6.07) is 10.1. The van der Waals surface area contributed by atoms with E-state index >= 15 is 0 Å². The van der Waals surface area contributed by atoms with Crippen molar-refractivity contribution in [1.82, 2.24) is 0 Å². The monoisotopic (exact) mass is 192 g/mol. The van der Waals surface area contributed by atoms with Gasteiger partial charge in [0.25, 0.3) is 5.91 Å². The van der Waals surface area contributed by atoms with Gasteiger partial charge in [0.05, 0.1) is 21.1 Å². The van der Waals surface area contributed by atoms with Gasteiger partial charge in [0.2, 0.25) is 0 Å². The fourth-order valence-corrected chi connectivity index (χ4v) is 1.10. The van der Waals surface area contributed by atoms with E-state index in [0.29, 0.717) is 11.0 Å². The summed E-state index contributed by atoms with van der Waals surface area (Å²) < 4.78 is 0.630. The molecule has 0 bridgehead atoms. The lowest BCUT2D eigenvalue weighted by molar-refractivity contribution is -0.861. The Morgan fingerprint density at radius 3 is 2.43 bits per heavy atom. The van der Waals surface area contributed by atoms with E-state index in [-0.39, 0.29) is 5.91 Å². The summed E-state index contributed by atoms with van der Waals surface area (Å²) in [7, 11) is 5.95. The van der Waals surface area contributed by atoms with Crippen molar-refractivity contribution in [3.05, 3.63) is 30.3 Å². The second kappa shape index (κ2) is 4.24. The first-order chi connectivity index (χ1) is 6.47. The van der Waals surface area contributed by atoms with E-state index in [2.05, 4.69) is 11.4 Å². The highest BCUT2D eigenvalue weighted by atomic mass is 16.2. The number of nitrogens with zero attached hydrogens (tertiary/aromatic N) is 1. The standard InChI is InChI=1S/C11H15N2O/c1-13(2,3)9-11(14)12-10-7-5-4-6-8-10/h5-8H,9H2,1-3H3/p+1. The summed E-state index contributed by atoms with van der Waals surface area (Å²) in [5.41, 5.74) is 0.821. The van der Waals surface area contributed by atoms with Gasteiger partial charge < -0.3 is 9.80 Å². The molecular weight excluding hydrogens is 176 g/mol. The lowest BCUT2D eigenvalue weighted by Crippen LogP contribution is -2.41. The summed E-state index contributed by atoms with van der Waals surface area (Å²) in [6.45, 7) is 0.471. The number of carbonyl (C=O) groups excluding carboxylic acids is 1. The van der Waals surface area contributed by atoms with Gasteiger partial charge in [-0.05, 0) is 18.2 Å². The second-order valence-corrected chi connectivity index (χ2v) is 4.29. The minimum Gasteiger partial charge on any atom is -0.323 e. The van der Waals surface area contributed by atoms with Gasteiger partial charge >= 0.3 is 0 Å². The number of nitrogens with one attached hydrogen (secondary N) is 1. The van der Waals surface area contributed by atoms with Crippen molar-refractivity contribution in [3.63, 3.8) is 0 Å². The minimum absolute atomic E-state index is 0.0312. The van der Waals surface area contributed by atoms with Crippen molar-refractivity contribution in [3.8, 4) is 0 Å². The van der Waals surface area contributed by atoms with Gasteiger partial charge in [-0.3, -0.25) is 4.79 Å². The van der Waals surface area contributed by atoms with Crippen LogP contribution >= 0.6 is 0 Å². The average molecular weight is 192 g/mol. The summed E-state index contributed by atoms with van der Waals surface area (Å²) in [6.07, 6.45) is 0. The molecule has 0 unspecified atom stereocenters. The van der Waals surface area contributed by atoms with Crippen molar-refractivity contribution in [1.29, 1.82) is 0 Å². The van der Waals surface area contributed by atoms with Crippen LogP contribution < -0.4 is 5.32 Å². The molecule has 0 aliphatic heterocycles. The number of likely N-dealkylation sites (N-methyl/N-ethyl adjacent to an activating group) is 1. The first-order valence-corrected chi connectivity index (χ1v) is 4.54. The molecule has 0 spiro atoms. The van der Waals surface area contributed by atoms with Crippen molar-refractivity contribution in [2.45, 2.75) is 0 Å². The average Bonchev–Trinajstić information content (AvgIpc) is 2.02. The van der Waals surface area contributed by atoms with Crippen LogP contribution in [0.4, 0.5) is 5.69 Å². The molecule has 75 valence electrons. The highest BCUT2D eigenvalue weighted by Crippen LogP contribution is 2.04. The van der Waals surface area contributed by atoms with Crippen LogP contribution in [0.25, 0.3) is 0 Å². The molecular formula is C11H16N2O+. The highest BCUT2D eigenvalue weighted by molar-refractivity contribution is 5.91. The van der Waals surface area contributed by atoms with Gasteiger partial charge in [-0.2, -0.15) is 0 Å². The molecule has 0 heterocycles. The molecule has 3 nitrogen and oxygen atoms in total. The zero-order valence-corrected chi connectivity index (χ0v) is 8.87. The third kappa shape index (κ3) is 4.05. The van der Waals surface area contributed by atoms with Crippen LogP contribution in [-0.2, 0) is 4.79 Å². The van der Waals surface area contributed by atoms with Gasteiger partial charge in [0.1, 0.15) is 0 Å². The van der Waals surface area contributed by atoms with E-state index in [1.807, 2.05) is 33.3 Å². The summed E-state index contributed by atoms with van der Waals surface area (Å²) in [5.74, 6) is 0.0312. The normalized spacial score (nSPS) is 11.1. The topological polar surface area (TPSA) is 29.1 Å². The van der Waals surface area contributed by atoms with Gasteiger partial charge in [-0.15, -0.1) is 0 Å². The highest BCUT2D eigenvalue weighted by Gasteiger charge is 2.13. The Hall–Kier alpha value is -1.35. The lowest BCUT2D eigenvalue weighted by atomic mass is 10.3. The summed E-state index contributed by atoms with van der Waals surface area (Å²) in [4.78, 5) is 11.5. The van der Waals surface area contributed by atoms with E-state index < -0.39 is 0 Å². The summed E-state index contributed by atoms with van der Waals surface area (Å²) in [5, 5.41) is 2.82. The molecule has 1 amide bonds. The molecule has 0 aliphatic carbocycles. The van der Waals surface area contributed by atoms with Crippen LogP contribution in [-0.4, -0.2) is 38.1 Å². The molecule has 0 aliphatic rings. The molecule has 1 N–H and O–H groups in total. The number of benzene rings is 1. The van der Waals surface area contributed by atoms with Crippen molar-refractivity contribution in [2.24, 2.45) is 0 Å². The van der Waals surface area contributed by atoms with Crippen LogP contribution in [0.5, 0.6) is 0 Å². The third-order valence-corrected chi connectivity index (χ3v) is 1.62. The van der Waals surface area contributed by atoms with Crippen molar-refractivity contribution < 1.29 is 9.28 Å². The molecule has 3 heteroatoms. The van der Waals surface area contributed by atoms with Gasteiger partial charge in [-0.25, -0.2) is 0 Å². The van der Waals surface area contributed by atoms with Crippen LogP contribution in [0.15, 0.2) is 24.3 Å². The molecule has 0 atom stereocenters. The first-order valence-electron chi connectivity index (χ1n) is 4.54. The van der Waals surface area contributed by atoms with Crippen LogP contribution in [0.3, 0.4) is 0 Å². The van der Waals surface area contributed by atoms with Gasteiger partial charge in [0.15, 0.2) is 6.54 Å². The van der Waals surface area contributed by atoms with Gasteiger partial charge in [0, 0.05) is 5.69 Å². The molecule has 1 aromatic carbocycles. The third-order valence-electron chi connectivity index (χ3n) is 1.62. The predicted octanol–water partition coefficient (Wildman–Crippen LogP) is 1.13. The minimum atomic E-state index is 0.0312. The van der Waals surface area contributed by atoms with Crippen molar-refractivity contribution >= 4 is 11.6 Å². The van der Waals surface area contributed by atoms with E-state index in [0.717, 1.165) is 5.69 Å². The molecule has 1 rings (SSSR count). The quantitative estimate of drug-likeness (QED) is 0.715. The van der Waals surface area contributed by atoms with E-state index in [9.17, 15) is 4.79 Å². The molecule has 0 aromatic heterocycles. The zero-order valence-electron chi connectivity index (χ0n) is 8.87. The second-order valence-electron chi connectivity index (χ2n) is 4.29. The Balaban J connectivity index is 2.50. The largest absolute Gasteiger partial charge is 0.323 e. The fraction of sp³-hybridized carbons (Fsp3) is 0.364. The zero-order chi connectivity index (χ0) is 10.6. The maximum absolute atomic E-state index is 11.5. The molecule has 0 fully saturated rings. The molecule has 1 radical (unpaired) electrons. The number of hydrogen-bond acceptors (Lipinski definition) is 1. The predicted molar refractivity (Wildman–Crippen MR) is 56.8 cm³/mol. The maximum Gasteiger partial charge on any atom is 0.279 e. The molecule has 14 heavy (non-hydrogen) atoms. The van der Waals surface area contributed by atoms with E-state index in [4.69, 9.17) is 0 Å². The number of amides is 1. The molecule has 0 saturated carbocycles. The van der Waals surface area contributed by atoms with E-state index in [1.165, 1.54) is 0 Å². The van der Waals surface area contributed by atoms with Crippen LogP contribution in [0.2, 0.25) is 0 Å². The van der Waals surface area contributed by atoms with Gasteiger partial charge in [-0.1, -0.05) is 12.1 Å². The smallest absolute Gasteiger partial charge is 0.279 e. The number of carbonyl (C=O) groups is 1. The fourth-order valence-electron chi connectivity index (χ4n) is 1.10. The molecule has 1 aromatic rings. The number of anilines is 1. The molecule has 0 saturated heterocycles. The van der Waals surface area contributed by atoms with Crippen LogP contribution in [0, 0.1) is 6.07 Å². The number of hydrogen-bond donors (Lipinski definition) is 1. The summed E-state index contributed by atoms with van der Waals surface area (Å²) >= 11 is 0. The number of quaternary nitrogens is 1. The Morgan fingerprint density at radius 2 is 1.93 bits per heavy atom. The first kappa shape index (κ1) is 10.7. The Kier molecular flexibility index (Phi) is 3.25. The SMILES string of the molecule is C[N+](C)(C)CC(=O)Nc1cc[c]cc1. The Labute approximate surface area is 84.9 Å². The number of rotatable bonds is 3. The van der Waals surface area contributed by atoms with E-state index in [1.54, 1.807) is 12.1 Å². The Morgan fingerprint density at radius 1 is 1.36 bits per heavy atom. The van der Waals surface area contributed by atoms with Crippen molar-refractivity contribution in [2.75, 3.05) is 33.0 Å².